The smallest absolute Gasteiger partial charge is 0.223 e. The number of carbonyl (C=O) groups is 1. The van der Waals surface area contributed by atoms with Gasteiger partial charge in [-0.15, -0.1) is 10.2 Å². The molecule has 3 aromatic rings. The van der Waals surface area contributed by atoms with Crippen molar-refractivity contribution in [3.05, 3.63) is 77.0 Å². The van der Waals surface area contributed by atoms with Crippen molar-refractivity contribution in [1.29, 1.82) is 0 Å². The summed E-state index contributed by atoms with van der Waals surface area (Å²) in [4.78, 5) is 19.4. The summed E-state index contributed by atoms with van der Waals surface area (Å²) < 4.78 is 19.5. The highest BCUT2D eigenvalue weighted by Gasteiger charge is 2.30. The van der Waals surface area contributed by atoms with Gasteiger partial charge in [-0.3, -0.25) is 9.78 Å². The van der Waals surface area contributed by atoms with Crippen LogP contribution in [0.5, 0.6) is 0 Å². The molecular weight excluding hydrogens is 395 g/mol. The SMILES string of the molecule is CC(C)c1nnc(CCC(=O)N2CCC[C@H]2c2ccc(Cc3ccccc3F)cn2)o1. The Labute approximate surface area is 181 Å². The first-order valence-corrected chi connectivity index (χ1v) is 10.8. The maximum Gasteiger partial charge on any atom is 0.223 e. The molecule has 0 N–H and O–H groups in total. The molecule has 0 radical (unpaired) electrons. The van der Waals surface area contributed by atoms with E-state index < -0.39 is 0 Å². The molecule has 4 rings (SSSR count). The zero-order valence-corrected chi connectivity index (χ0v) is 17.9. The number of nitrogens with zero attached hydrogens (tertiary/aromatic N) is 4. The van der Waals surface area contributed by atoms with Crippen LogP contribution in [0, 0.1) is 5.82 Å². The first kappa shape index (κ1) is 21.2. The minimum Gasteiger partial charge on any atom is -0.425 e. The standard InChI is InChI=1S/C24H27FN4O2/c1-16(2)24-28-27-22(31-24)11-12-23(30)29-13-5-8-21(29)20-10-9-17(15-26-20)14-18-6-3-4-7-19(18)25/h3-4,6-7,9-10,15-16,21H,5,8,11-14H2,1-2H3/t21-/m0/s1. The monoisotopic (exact) mass is 422 g/mol. The number of aromatic nitrogens is 3. The highest BCUT2D eigenvalue weighted by atomic mass is 19.1. The van der Waals surface area contributed by atoms with Gasteiger partial charge in [0.15, 0.2) is 0 Å². The molecule has 1 atom stereocenters. The predicted molar refractivity (Wildman–Crippen MR) is 114 cm³/mol. The van der Waals surface area contributed by atoms with E-state index in [0.29, 0.717) is 36.6 Å². The fraction of sp³-hybridized carbons (Fsp3) is 0.417. The summed E-state index contributed by atoms with van der Waals surface area (Å²) in [5, 5.41) is 8.06. The molecule has 3 heterocycles. The number of rotatable bonds is 7. The Balaban J connectivity index is 1.38. The van der Waals surface area contributed by atoms with Gasteiger partial charge >= 0.3 is 0 Å². The molecule has 0 bridgehead atoms. The van der Waals surface area contributed by atoms with Gasteiger partial charge in [0, 0.05) is 37.9 Å². The molecule has 1 fully saturated rings. The minimum atomic E-state index is -0.207. The number of halogens is 1. The van der Waals surface area contributed by atoms with Crippen molar-refractivity contribution in [2.45, 2.75) is 57.9 Å². The molecular formula is C24H27FN4O2. The van der Waals surface area contributed by atoms with Gasteiger partial charge in [-0.25, -0.2) is 4.39 Å². The number of hydrogen-bond donors (Lipinski definition) is 0. The summed E-state index contributed by atoms with van der Waals surface area (Å²) in [5.74, 6) is 1.14. The fourth-order valence-corrected chi connectivity index (χ4v) is 3.93. The lowest BCUT2D eigenvalue weighted by molar-refractivity contribution is -0.132. The van der Waals surface area contributed by atoms with E-state index in [1.54, 1.807) is 18.3 Å². The Hall–Kier alpha value is -3.09. The van der Waals surface area contributed by atoms with Gasteiger partial charge in [0.1, 0.15) is 5.82 Å². The second kappa shape index (κ2) is 9.37. The van der Waals surface area contributed by atoms with Gasteiger partial charge in [-0.1, -0.05) is 38.1 Å². The molecule has 1 saturated heterocycles. The molecule has 1 amide bonds. The minimum absolute atomic E-state index is 0.0241. The largest absolute Gasteiger partial charge is 0.425 e. The van der Waals surface area contributed by atoms with Crippen molar-refractivity contribution in [3.8, 4) is 0 Å². The normalized spacial score (nSPS) is 16.3. The molecule has 31 heavy (non-hydrogen) atoms. The molecule has 1 aromatic carbocycles. The number of benzene rings is 1. The number of amides is 1. The summed E-state index contributed by atoms with van der Waals surface area (Å²) in [6, 6.07) is 10.7. The molecule has 0 saturated carbocycles. The van der Waals surface area contributed by atoms with Crippen LogP contribution in [0.2, 0.25) is 0 Å². The van der Waals surface area contributed by atoms with Crippen LogP contribution in [-0.2, 0) is 17.6 Å². The average molecular weight is 423 g/mol. The number of pyridine rings is 1. The molecule has 1 aliphatic heterocycles. The van der Waals surface area contributed by atoms with Crippen molar-refractivity contribution in [2.75, 3.05) is 6.54 Å². The van der Waals surface area contributed by atoms with Crippen LogP contribution in [0.4, 0.5) is 4.39 Å². The average Bonchev–Trinajstić information content (AvgIpc) is 3.44. The molecule has 0 unspecified atom stereocenters. The molecule has 7 heteroatoms. The quantitative estimate of drug-likeness (QED) is 0.556. The Kier molecular flexibility index (Phi) is 6.39. The zero-order valence-electron chi connectivity index (χ0n) is 17.9. The Bertz CT molecular complexity index is 1030. The van der Waals surface area contributed by atoms with E-state index in [1.165, 1.54) is 6.07 Å². The third-order valence-corrected chi connectivity index (χ3v) is 5.64. The molecule has 6 nitrogen and oxygen atoms in total. The highest BCUT2D eigenvalue weighted by molar-refractivity contribution is 5.77. The first-order valence-electron chi connectivity index (χ1n) is 10.8. The summed E-state index contributed by atoms with van der Waals surface area (Å²) in [6.07, 6.45) is 4.90. The molecule has 2 aromatic heterocycles. The van der Waals surface area contributed by atoms with Crippen LogP contribution in [0.25, 0.3) is 0 Å². The van der Waals surface area contributed by atoms with Gasteiger partial charge in [-0.05, 0) is 36.1 Å². The van der Waals surface area contributed by atoms with Crippen molar-refractivity contribution in [3.63, 3.8) is 0 Å². The Morgan fingerprint density at radius 1 is 1.23 bits per heavy atom. The lowest BCUT2D eigenvalue weighted by Crippen LogP contribution is -2.31. The van der Waals surface area contributed by atoms with Crippen LogP contribution in [0.1, 0.15) is 73.7 Å². The summed E-state index contributed by atoms with van der Waals surface area (Å²) in [5.41, 5.74) is 2.47. The summed E-state index contributed by atoms with van der Waals surface area (Å²) in [7, 11) is 0. The third kappa shape index (κ3) is 4.98. The molecule has 162 valence electrons. The van der Waals surface area contributed by atoms with Crippen molar-refractivity contribution in [2.24, 2.45) is 0 Å². The van der Waals surface area contributed by atoms with E-state index in [0.717, 1.165) is 30.6 Å². The van der Waals surface area contributed by atoms with E-state index in [1.807, 2.05) is 36.9 Å². The number of carbonyl (C=O) groups excluding carboxylic acids is 1. The van der Waals surface area contributed by atoms with Crippen LogP contribution in [0.15, 0.2) is 47.0 Å². The molecule has 1 aliphatic rings. The summed E-state index contributed by atoms with van der Waals surface area (Å²) in [6.45, 7) is 4.71. The van der Waals surface area contributed by atoms with Gasteiger partial charge < -0.3 is 9.32 Å². The number of hydrogen-bond acceptors (Lipinski definition) is 5. The van der Waals surface area contributed by atoms with E-state index >= 15 is 0 Å². The Morgan fingerprint density at radius 3 is 2.77 bits per heavy atom. The van der Waals surface area contributed by atoms with Gasteiger partial charge in [0.2, 0.25) is 17.7 Å². The molecule has 0 aliphatic carbocycles. The van der Waals surface area contributed by atoms with E-state index in [9.17, 15) is 9.18 Å². The van der Waals surface area contributed by atoms with Gasteiger partial charge in [-0.2, -0.15) is 0 Å². The molecule has 0 spiro atoms. The van der Waals surface area contributed by atoms with Gasteiger partial charge in [0.25, 0.3) is 0 Å². The highest BCUT2D eigenvalue weighted by Crippen LogP contribution is 2.31. The topological polar surface area (TPSA) is 72.1 Å². The maximum absolute atomic E-state index is 13.9. The number of aryl methyl sites for hydroxylation is 1. The second-order valence-corrected chi connectivity index (χ2v) is 8.29. The van der Waals surface area contributed by atoms with Crippen LogP contribution < -0.4 is 0 Å². The van der Waals surface area contributed by atoms with Crippen molar-refractivity contribution < 1.29 is 13.6 Å². The maximum atomic E-state index is 13.9. The van der Waals surface area contributed by atoms with Gasteiger partial charge in [0.05, 0.1) is 11.7 Å². The lowest BCUT2D eigenvalue weighted by Gasteiger charge is -2.24. The van der Waals surface area contributed by atoms with Crippen LogP contribution >= 0.6 is 0 Å². The lowest BCUT2D eigenvalue weighted by atomic mass is 10.0. The summed E-state index contributed by atoms with van der Waals surface area (Å²) >= 11 is 0. The predicted octanol–water partition coefficient (Wildman–Crippen LogP) is 4.61. The Morgan fingerprint density at radius 2 is 2.06 bits per heavy atom. The fourth-order valence-electron chi connectivity index (χ4n) is 3.93. The van der Waals surface area contributed by atoms with E-state index in [4.69, 9.17) is 4.42 Å². The van der Waals surface area contributed by atoms with E-state index in [-0.39, 0.29) is 23.7 Å². The van der Waals surface area contributed by atoms with Crippen molar-refractivity contribution >= 4 is 5.91 Å². The number of likely N-dealkylation sites (tertiary alicyclic amines) is 1. The van der Waals surface area contributed by atoms with Crippen molar-refractivity contribution in [1.82, 2.24) is 20.1 Å². The second-order valence-electron chi connectivity index (χ2n) is 8.29. The van der Waals surface area contributed by atoms with Crippen LogP contribution in [-0.4, -0.2) is 32.5 Å². The third-order valence-electron chi connectivity index (χ3n) is 5.64. The van der Waals surface area contributed by atoms with E-state index in [2.05, 4.69) is 15.2 Å². The first-order chi connectivity index (χ1) is 15.0. The van der Waals surface area contributed by atoms with Crippen LogP contribution in [0.3, 0.4) is 0 Å². The zero-order chi connectivity index (χ0) is 21.8.